The van der Waals surface area contributed by atoms with Crippen molar-refractivity contribution < 1.29 is 14.3 Å². The molecule has 4 fully saturated rings. The van der Waals surface area contributed by atoms with E-state index in [1.54, 1.807) is 0 Å². The molecule has 2 bridgehead atoms. The molecule has 4 heterocycles. The Kier molecular flexibility index (Phi) is 1.82. The third-order valence-corrected chi connectivity index (χ3v) is 5.40. The fourth-order valence-electron chi connectivity index (χ4n) is 4.49. The molecular weight excluding hydrogens is 244 g/mol. The Morgan fingerprint density at radius 2 is 1.47 bits per heavy atom. The summed E-state index contributed by atoms with van der Waals surface area (Å²) >= 11 is 0. The molecule has 0 radical (unpaired) electrons. The highest BCUT2D eigenvalue weighted by Gasteiger charge is 2.66. The molecule has 2 amide bonds. The standard InChI is InChI=1S/C14H16N2O3/c17-13-11-9-5-6-10(19-9)12(11)14(18)16(13)15-7-3-1-2-4-8(7)15/h5-12H,1-4H2/t7?,8?,9-,10+,11-,12+,15?. The molecule has 5 rings (SSSR count). The van der Waals surface area contributed by atoms with Gasteiger partial charge in [0.15, 0.2) is 0 Å². The van der Waals surface area contributed by atoms with E-state index in [4.69, 9.17) is 4.74 Å². The van der Waals surface area contributed by atoms with Gasteiger partial charge in [-0.25, -0.2) is 10.0 Å². The van der Waals surface area contributed by atoms with Crippen LogP contribution in [-0.2, 0) is 14.3 Å². The Bertz CT molecular complexity index is 475. The average Bonchev–Trinajstić information content (AvgIpc) is 2.77. The van der Waals surface area contributed by atoms with Crippen molar-refractivity contribution in [1.29, 1.82) is 0 Å². The second-order valence-electron chi connectivity index (χ2n) is 6.29. The first kappa shape index (κ1) is 10.6. The first-order chi connectivity index (χ1) is 9.27. The molecule has 0 aromatic rings. The number of rotatable bonds is 1. The highest BCUT2D eigenvalue weighted by molar-refractivity contribution is 6.06. The van der Waals surface area contributed by atoms with Crippen LogP contribution in [0.25, 0.3) is 0 Å². The first-order valence-corrected chi connectivity index (χ1v) is 7.27. The molecule has 5 nitrogen and oxygen atoms in total. The third kappa shape index (κ3) is 1.14. The fraction of sp³-hybridized carbons (Fsp3) is 0.714. The number of amides is 2. The van der Waals surface area contributed by atoms with Gasteiger partial charge in [0.05, 0.1) is 24.0 Å². The molecule has 2 unspecified atom stereocenters. The number of carbonyl (C=O) groups excluding carboxylic acids is 2. The zero-order valence-corrected chi connectivity index (χ0v) is 10.6. The lowest BCUT2D eigenvalue weighted by Gasteiger charge is -2.19. The third-order valence-electron chi connectivity index (χ3n) is 5.40. The SMILES string of the molecule is O=C1[C@@H]2[C@H](C(=O)N1N1C3CCCCC31)[C@H]1C=C[C@@H]2O1. The van der Waals surface area contributed by atoms with Gasteiger partial charge in [0.2, 0.25) is 0 Å². The van der Waals surface area contributed by atoms with E-state index in [2.05, 4.69) is 5.01 Å². The van der Waals surface area contributed by atoms with Gasteiger partial charge in [0, 0.05) is 12.1 Å². The smallest absolute Gasteiger partial charge is 0.250 e. The van der Waals surface area contributed by atoms with Crippen LogP contribution in [0.5, 0.6) is 0 Å². The van der Waals surface area contributed by atoms with Crippen LogP contribution in [0.1, 0.15) is 25.7 Å². The maximum atomic E-state index is 12.6. The van der Waals surface area contributed by atoms with E-state index in [1.165, 1.54) is 17.9 Å². The van der Waals surface area contributed by atoms with Crippen LogP contribution in [0.15, 0.2) is 12.2 Å². The lowest BCUT2D eigenvalue weighted by molar-refractivity contribution is -0.154. The topological polar surface area (TPSA) is 49.6 Å². The van der Waals surface area contributed by atoms with Gasteiger partial charge in [-0.2, -0.15) is 0 Å². The van der Waals surface area contributed by atoms with Gasteiger partial charge in [0.25, 0.3) is 11.8 Å². The van der Waals surface area contributed by atoms with E-state index >= 15 is 0 Å². The molecule has 4 aliphatic heterocycles. The van der Waals surface area contributed by atoms with Gasteiger partial charge in [0.1, 0.15) is 0 Å². The molecule has 1 aliphatic carbocycles. The van der Waals surface area contributed by atoms with Gasteiger partial charge < -0.3 is 4.74 Å². The van der Waals surface area contributed by atoms with Crippen LogP contribution in [0.4, 0.5) is 0 Å². The predicted molar refractivity (Wildman–Crippen MR) is 64.5 cm³/mol. The Hall–Kier alpha value is -1.20. The van der Waals surface area contributed by atoms with Crippen LogP contribution in [-0.4, -0.2) is 46.1 Å². The number of imide groups is 1. The lowest BCUT2D eigenvalue weighted by atomic mass is 9.85. The van der Waals surface area contributed by atoms with Crippen LogP contribution in [0, 0.1) is 11.8 Å². The normalized spacial score (nSPS) is 53.7. The van der Waals surface area contributed by atoms with Crippen LogP contribution >= 0.6 is 0 Å². The summed E-state index contributed by atoms with van der Waals surface area (Å²) in [6, 6.07) is 0.874. The minimum Gasteiger partial charge on any atom is -0.365 e. The zero-order chi connectivity index (χ0) is 12.7. The predicted octanol–water partition coefficient (Wildman–Crippen LogP) is 0.467. The van der Waals surface area contributed by atoms with Gasteiger partial charge in [-0.3, -0.25) is 9.59 Å². The zero-order valence-electron chi connectivity index (χ0n) is 10.6. The quantitative estimate of drug-likeness (QED) is 0.390. The number of carbonyl (C=O) groups is 2. The number of ether oxygens (including phenoxy) is 1. The van der Waals surface area contributed by atoms with Crippen molar-refractivity contribution in [3.8, 4) is 0 Å². The number of hydrazine groups is 1. The maximum Gasteiger partial charge on any atom is 0.250 e. The first-order valence-electron chi connectivity index (χ1n) is 7.27. The number of hydrogen-bond acceptors (Lipinski definition) is 4. The Labute approximate surface area is 111 Å². The summed E-state index contributed by atoms with van der Waals surface area (Å²) in [5, 5.41) is 3.53. The number of nitrogens with zero attached hydrogens (tertiary/aromatic N) is 2. The summed E-state index contributed by atoms with van der Waals surface area (Å²) in [6.07, 6.45) is 8.23. The summed E-state index contributed by atoms with van der Waals surface area (Å²) in [5.41, 5.74) is 0. The van der Waals surface area contributed by atoms with Gasteiger partial charge in [-0.1, -0.05) is 25.0 Å². The highest BCUT2D eigenvalue weighted by atomic mass is 16.5. The van der Waals surface area contributed by atoms with E-state index in [9.17, 15) is 9.59 Å². The van der Waals surface area contributed by atoms with Gasteiger partial charge in [-0.15, -0.1) is 0 Å². The molecule has 0 aromatic heterocycles. The average molecular weight is 260 g/mol. The molecule has 5 heteroatoms. The molecule has 19 heavy (non-hydrogen) atoms. The van der Waals surface area contributed by atoms with E-state index in [0.29, 0.717) is 12.1 Å². The molecule has 5 aliphatic rings. The molecule has 6 atom stereocenters. The minimum absolute atomic E-state index is 0.0266. The molecule has 0 N–H and O–H groups in total. The summed E-state index contributed by atoms with van der Waals surface area (Å²) < 4.78 is 5.65. The van der Waals surface area contributed by atoms with Crippen LogP contribution in [0.2, 0.25) is 0 Å². The van der Waals surface area contributed by atoms with Gasteiger partial charge in [-0.05, 0) is 12.8 Å². The molecule has 0 aromatic carbocycles. The summed E-state index contributed by atoms with van der Waals surface area (Å²) in [4.78, 5) is 25.1. The van der Waals surface area contributed by atoms with Crippen molar-refractivity contribution in [2.75, 3.05) is 0 Å². The Morgan fingerprint density at radius 1 is 0.947 bits per heavy atom. The minimum atomic E-state index is -0.259. The van der Waals surface area contributed by atoms with Gasteiger partial charge >= 0.3 is 0 Å². The molecule has 100 valence electrons. The van der Waals surface area contributed by atoms with E-state index in [0.717, 1.165) is 12.8 Å². The van der Waals surface area contributed by atoms with E-state index < -0.39 is 0 Å². The Balaban J connectivity index is 1.47. The second-order valence-corrected chi connectivity index (χ2v) is 6.29. The summed E-state index contributed by atoms with van der Waals surface area (Å²) in [5.74, 6) is -0.571. The lowest BCUT2D eigenvalue weighted by Crippen LogP contribution is -2.40. The number of hydrogen-bond donors (Lipinski definition) is 0. The summed E-state index contributed by atoms with van der Waals surface area (Å²) in [7, 11) is 0. The fourth-order valence-corrected chi connectivity index (χ4v) is 4.49. The summed E-state index contributed by atoms with van der Waals surface area (Å²) in [6.45, 7) is 0. The van der Waals surface area contributed by atoms with Crippen molar-refractivity contribution in [2.24, 2.45) is 11.8 Å². The van der Waals surface area contributed by atoms with E-state index in [-0.39, 0.29) is 35.9 Å². The second kappa shape index (κ2) is 3.27. The highest BCUT2D eigenvalue weighted by Crippen LogP contribution is 2.50. The number of fused-ring (bicyclic) bond motifs is 6. The van der Waals surface area contributed by atoms with Crippen molar-refractivity contribution in [2.45, 2.75) is 50.0 Å². The van der Waals surface area contributed by atoms with E-state index in [1.807, 2.05) is 12.2 Å². The largest absolute Gasteiger partial charge is 0.365 e. The van der Waals surface area contributed by atoms with Crippen LogP contribution < -0.4 is 0 Å². The van der Waals surface area contributed by atoms with Crippen molar-refractivity contribution in [1.82, 2.24) is 10.0 Å². The van der Waals surface area contributed by atoms with Crippen molar-refractivity contribution in [3.63, 3.8) is 0 Å². The van der Waals surface area contributed by atoms with Crippen molar-refractivity contribution >= 4 is 11.8 Å². The van der Waals surface area contributed by atoms with Crippen LogP contribution in [0.3, 0.4) is 0 Å². The van der Waals surface area contributed by atoms with Crippen molar-refractivity contribution in [3.05, 3.63) is 12.2 Å². The monoisotopic (exact) mass is 260 g/mol. The molecule has 1 saturated carbocycles. The molecule has 0 spiro atoms. The Morgan fingerprint density at radius 3 is 2.00 bits per heavy atom. The molecular formula is C14H16N2O3. The maximum absolute atomic E-state index is 12.6. The molecule has 3 saturated heterocycles.